The van der Waals surface area contributed by atoms with Crippen LogP contribution in [0.1, 0.15) is 18.1 Å². The van der Waals surface area contributed by atoms with E-state index in [9.17, 15) is 14.0 Å². The summed E-state index contributed by atoms with van der Waals surface area (Å²) in [6.45, 7) is 1.92. The van der Waals surface area contributed by atoms with E-state index in [0.717, 1.165) is 5.56 Å². The highest BCUT2D eigenvalue weighted by molar-refractivity contribution is 5.83. The van der Waals surface area contributed by atoms with Crippen molar-refractivity contribution in [2.24, 2.45) is 0 Å². The van der Waals surface area contributed by atoms with E-state index in [1.54, 1.807) is 42.5 Å². The van der Waals surface area contributed by atoms with Crippen molar-refractivity contribution in [1.29, 1.82) is 0 Å². The molecule has 132 valence electrons. The molecule has 0 fully saturated rings. The molecule has 0 radical (unpaired) electrons. The normalized spacial score (nSPS) is 10.4. The van der Waals surface area contributed by atoms with Gasteiger partial charge >= 0.3 is 0 Å². The maximum Gasteiger partial charge on any atom is 0.241 e. The summed E-state index contributed by atoms with van der Waals surface area (Å²) in [5.41, 5.74) is 1.48. The fourth-order valence-corrected chi connectivity index (χ4v) is 2.37. The average molecular weight is 343 g/mol. The van der Waals surface area contributed by atoms with Crippen LogP contribution in [0.3, 0.4) is 0 Å². The molecule has 2 aromatic rings. The van der Waals surface area contributed by atoms with E-state index >= 15 is 0 Å². The van der Waals surface area contributed by atoms with Crippen molar-refractivity contribution in [2.75, 3.05) is 20.1 Å². The first kappa shape index (κ1) is 18.6. The molecule has 0 atom stereocenters. The monoisotopic (exact) mass is 343 g/mol. The first-order valence-electron chi connectivity index (χ1n) is 8.09. The van der Waals surface area contributed by atoms with Crippen LogP contribution in [0, 0.1) is 5.82 Å². The van der Waals surface area contributed by atoms with E-state index in [0.29, 0.717) is 18.5 Å². The molecule has 0 saturated heterocycles. The van der Waals surface area contributed by atoms with Crippen molar-refractivity contribution < 1.29 is 14.0 Å². The molecule has 0 bridgehead atoms. The Morgan fingerprint density at radius 2 is 1.80 bits per heavy atom. The number of amides is 2. The Labute approximate surface area is 147 Å². The Balaban J connectivity index is 1.93. The average Bonchev–Trinajstić information content (AvgIpc) is 2.61. The number of pyridine rings is 1. The van der Waals surface area contributed by atoms with Crippen LogP contribution in [0.5, 0.6) is 0 Å². The lowest BCUT2D eigenvalue weighted by molar-refractivity contribution is -0.139. The number of carbonyl (C=O) groups is 2. The molecular formula is C19H22FN3O2. The van der Waals surface area contributed by atoms with Crippen LogP contribution in [-0.4, -0.2) is 46.7 Å². The van der Waals surface area contributed by atoms with E-state index in [1.807, 2.05) is 12.1 Å². The largest absolute Gasteiger partial charge is 0.344 e. The molecule has 0 spiro atoms. The lowest BCUT2D eigenvalue weighted by atomic mass is 10.2. The molecule has 0 aliphatic rings. The van der Waals surface area contributed by atoms with Crippen molar-refractivity contribution in [3.05, 3.63) is 65.7 Å². The highest BCUT2D eigenvalue weighted by atomic mass is 19.1. The number of hydrogen-bond acceptors (Lipinski definition) is 3. The van der Waals surface area contributed by atoms with Gasteiger partial charge in [-0.25, -0.2) is 4.39 Å². The third kappa shape index (κ3) is 5.67. The van der Waals surface area contributed by atoms with Gasteiger partial charge in [0.15, 0.2) is 0 Å². The highest BCUT2D eigenvalue weighted by Gasteiger charge is 2.18. The number of halogens is 1. The molecule has 1 heterocycles. The van der Waals surface area contributed by atoms with Crippen LogP contribution in [-0.2, 0) is 22.6 Å². The Hall–Kier alpha value is -2.76. The molecule has 25 heavy (non-hydrogen) atoms. The predicted molar refractivity (Wildman–Crippen MR) is 93.1 cm³/mol. The summed E-state index contributed by atoms with van der Waals surface area (Å²) < 4.78 is 13.8. The molecule has 0 unspecified atom stereocenters. The van der Waals surface area contributed by atoms with Gasteiger partial charge < -0.3 is 9.80 Å². The second kappa shape index (κ2) is 8.92. The van der Waals surface area contributed by atoms with Crippen LogP contribution in [0.4, 0.5) is 4.39 Å². The molecular weight excluding hydrogens is 321 g/mol. The van der Waals surface area contributed by atoms with E-state index in [2.05, 4.69) is 4.98 Å². The molecule has 0 aliphatic heterocycles. The fraction of sp³-hybridized carbons (Fsp3) is 0.316. The van der Waals surface area contributed by atoms with Gasteiger partial charge in [0.1, 0.15) is 12.4 Å². The smallest absolute Gasteiger partial charge is 0.241 e. The van der Waals surface area contributed by atoms with Gasteiger partial charge in [-0.1, -0.05) is 18.2 Å². The van der Waals surface area contributed by atoms with E-state index in [1.165, 1.54) is 17.9 Å². The van der Waals surface area contributed by atoms with Gasteiger partial charge in [-0.2, -0.15) is 0 Å². The minimum Gasteiger partial charge on any atom is -0.344 e. The zero-order valence-electron chi connectivity index (χ0n) is 14.5. The number of aromatic nitrogens is 1. The summed E-state index contributed by atoms with van der Waals surface area (Å²) in [7, 11) is 1.70. The summed E-state index contributed by atoms with van der Waals surface area (Å²) in [4.78, 5) is 31.1. The number of likely N-dealkylation sites (N-methyl/N-ethyl adjacent to an activating group) is 1. The number of benzene rings is 1. The van der Waals surface area contributed by atoms with Crippen molar-refractivity contribution in [3.8, 4) is 0 Å². The van der Waals surface area contributed by atoms with Crippen molar-refractivity contribution >= 4 is 11.8 Å². The van der Waals surface area contributed by atoms with Gasteiger partial charge in [-0.3, -0.25) is 14.6 Å². The van der Waals surface area contributed by atoms with Gasteiger partial charge in [-0.05, 0) is 30.2 Å². The molecule has 0 saturated carbocycles. The van der Waals surface area contributed by atoms with E-state index in [4.69, 9.17) is 0 Å². The molecule has 6 heteroatoms. The zero-order valence-corrected chi connectivity index (χ0v) is 14.5. The lowest BCUT2D eigenvalue weighted by Crippen LogP contribution is -2.41. The molecule has 1 aromatic heterocycles. The van der Waals surface area contributed by atoms with Gasteiger partial charge in [0.05, 0.1) is 0 Å². The zero-order chi connectivity index (χ0) is 18.2. The van der Waals surface area contributed by atoms with Crippen LogP contribution in [0.2, 0.25) is 0 Å². The first-order valence-corrected chi connectivity index (χ1v) is 8.09. The summed E-state index contributed by atoms with van der Waals surface area (Å²) >= 11 is 0. The molecule has 1 aromatic carbocycles. The van der Waals surface area contributed by atoms with Gasteiger partial charge in [0.25, 0.3) is 0 Å². The van der Waals surface area contributed by atoms with E-state index < -0.39 is 0 Å². The second-order valence-corrected chi connectivity index (χ2v) is 5.89. The van der Waals surface area contributed by atoms with Crippen LogP contribution in [0.15, 0.2) is 48.8 Å². The standard InChI is InChI=1S/C19H22FN3O2/c1-15(24)23(13-17-5-3-4-6-18(17)20)14-19(25)22(2)12-9-16-7-10-21-11-8-16/h3-8,10-11H,9,12-14H2,1-2H3. The Kier molecular flexibility index (Phi) is 6.62. The van der Waals surface area contributed by atoms with Gasteiger partial charge in [-0.15, -0.1) is 0 Å². The maximum absolute atomic E-state index is 13.8. The minimum atomic E-state index is -0.382. The molecule has 2 rings (SSSR count). The van der Waals surface area contributed by atoms with Gasteiger partial charge in [0, 0.05) is 45.0 Å². The van der Waals surface area contributed by atoms with Crippen molar-refractivity contribution in [1.82, 2.24) is 14.8 Å². The summed E-state index contributed by atoms with van der Waals surface area (Å²) in [6, 6.07) is 10.1. The number of rotatable bonds is 7. The number of nitrogens with zero attached hydrogens (tertiary/aromatic N) is 3. The molecule has 5 nitrogen and oxygen atoms in total. The van der Waals surface area contributed by atoms with Crippen LogP contribution >= 0.6 is 0 Å². The maximum atomic E-state index is 13.8. The van der Waals surface area contributed by atoms with E-state index in [-0.39, 0.29) is 30.7 Å². The number of carbonyl (C=O) groups excluding carboxylic acids is 2. The van der Waals surface area contributed by atoms with Crippen molar-refractivity contribution in [2.45, 2.75) is 19.9 Å². The summed E-state index contributed by atoms with van der Waals surface area (Å²) in [6.07, 6.45) is 4.13. The quantitative estimate of drug-likeness (QED) is 0.775. The Morgan fingerprint density at radius 1 is 1.12 bits per heavy atom. The fourth-order valence-electron chi connectivity index (χ4n) is 2.37. The van der Waals surface area contributed by atoms with Crippen LogP contribution < -0.4 is 0 Å². The third-order valence-corrected chi connectivity index (χ3v) is 4.00. The highest BCUT2D eigenvalue weighted by Crippen LogP contribution is 2.10. The summed E-state index contributed by atoms with van der Waals surface area (Å²) in [5, 5.41) is 0. The SMILES string of the molecule is CC(=O)N(CC(=O)N(C)CCc1ccncc1)Cc1ccccc1F. The predicted octanol–water partition coefficient (Wildman–Crippen LogP) is 2.27. The summed E-state index contributed by atoms with van der Waals surface area (Å²) in [5.74, 6) is -0.827. The topological polar surface area (TPSA) is 53.5 Å². The molecule has 0 N–H and O–H groups in total. The van der Waals surface area contributed by atoms with Crippen molar-refractivity contribution in [3.63, 3.8) is 0 Å². The second-order valence-electron chi connectivity index (χ2n) is 5.89. The molecule has 2 amide bonds. The van der Waals surface area contributed by atoms with Gasteiger partial charge in [0.2, 0.25) is 11.8 Å². The third-order valence-electron chi connectivity index (χ3n) is 4.00. The number of hydrogen-bond donors (Lipinski definition) is 0. The Bertz CT molecular complexity index is 722. The van der Waals surface area contributed by atoms with Crippen LogP contribution in [0.25, 0.3) is 0 Å². The lowest BCUT2D eigenvalue weighted by Gasteiger charge is -2.24. The first-order chi connectivity index (χ1) is 12.0. The minimum absolute atomic E-state index is 0.0729. The Morgan fingerprint density at radius 3 is 2.44 bits per heavy atom. The molecule has 0 aliphatic carbocycles.